The van der Waals surface area contributed by atoms with Crippen molar-refractivity contribution in [2.75, 3.05) is 12.3 Å². The first-order valence-corrected chi connectivity index (χ1v) is 9.96. The van der Waals surface area contributed by atoms with E-state index >= 15 is 0 Å². The van der Waals surface area contributed by atoms with Crippen LogP contribution in [0.4, 0.5) is 0 Å². The van der Waals surface area contributed by atoms with Crippen LogP contribution in [0.15, 0.2) is 48.5 Å². The van der Waals surface area contributed by atoms with Gasteiger partial charge in [0.1, 0.15) is 5.75 Å². The lowest BCUT2D eigenvalue weighted by atomic mass is 10.1. The van der Waals surface area contributed by atoms with E-state index in [2.05, 4.69) is 30.4 Å². The lowest BCUT2D eigenvalue weighted by Gasteiger charge is -2.18. The summed E-state index contributed by atoms with van der Waals surface area (Å²) in [6.07, 6.45) is 0.0641. The summed E-state index contributed by atoms with van der Waals surface area (Å²) in [4.78, 5) is 12.3. The number of benzene rings is 2. The van der Waals surface area contributed by atoms with Crippen LogP contribution in [0.5, 0.6) is 5.75 Å². The van der Waals surface area contributed by atoms with E-state index in [1.54, 1.807) is 12.1 Å². The maximum absolute atomic E-state index is 12.3. The molecule has 2 aromatic rings. The minimum Gasteiger partial charge on any atom is -0.479 e. The molecule has 0 aliphatic rings. The maximum atomic E-state index is 12.3. The van der Waals surface area contributed by atoms with Gasteiger partial charge in [-0.25, -0.2) is 0 Å². The Morgan fingerprint density at radius 3 is 2.64 bits per heavy atom. The fraction of sp³-hybridized carbons (Fsp3) is 0.350. The number of carbonyl (C=O) groups excluding carboxylic acids is 1. The second kappa shape index (κ2) is 10.4. The van der Waals surface area contributed by atoms with Crippen LogP contribution in [0.2, 0.25) is 5.02 Å². The Kier molecular flexibility index (Phi) is 8.16. The number of aryl methyl sites for hydroxylation is 1. The molecule has 2 rings (SSSR count). The number of hydrogen-bond acceptors (Lipinski definition) is 3. The highest BCUT2D eigenvalue weighted by Gasteiger charge is 2.18. The number of carbonyl (C=O) groups is 1. The third kappa shape index (κ3) is 6.29. The van der Waals surface area contributed by atoms with Crippen molar-refractivity contribution in [3.05, 3.63) is 64.7 Å². The van der Waals surface area contributed by atoms with Gasteiger partial charge in [0, 0.05) is 18.1 Å². The number of halogens is 1. The SMILES string of the molecule is CCC(Oc1ccccc1Cl)C(=O)NCCSCc1ccccc1C. The molecule has 0 bridgehead atoms. The largest absolute Gasteiger partial charge is 0.479 e. The van der Waals surface area contributed by atoms with Crippen LogP contribution >= 0.6 is 23.4 Å². The highest BCUT2D eigenvalue weighted by Crippen LogP contribution is 2.24. The molecule has 2 aromatic carbocycles. The van der Waals surface area contributed by atoms with Crippen LogP contribution in [0.1, 0.15) is 24.5 Å². The van der Waals surface area contributed by atoms with Gasteiger partial charge in [0.15, 0.2) is 6.10 Å². The van der Waals surface area contributed by atoms with Crippen LogP contribution in [-0.2, 0) is 10.5 Å². The molecule has 0 saturated carbocycles. The van der Waals surface area contributed by atoms with Crippen LogP contribution in [0.3, 0.4) is 0 Å². The third-order valence-corrected chi connectivity index (χ3v) is 5.15. The van der Waals surface area contributed by atoms with E-state index in [0.717, 1.165) is 11.5 Å². The number of ether oxygens (including phenoxy) is 1. The van der Waals surface area contributed by atoms with Gasteiger partial charge in [-0.15, -0.1) is 0 Å². The van der Waals surface area contributed by atoms with Crippen molar-refractivity contribution in [2.24, 2.45) is 0 Å². The minimum absolute atomic E-state index is 0.0982. The Morgan fingerprint density at radius 1 is 1.20 bits per heavy atom. The first kappa shape index (κ1) is 19.7. The van der Waals surface area contributed by atoms with Crippen molar-refractivity contribution in [3.63, 3.8) is 0 Å². The second-order valence-electron chi connectivity index (χ2n) is 5.72. The van der Waals surface area contributed by atoms with E-state index in [1.165, 1.54) is 11.1 Å². The van der Waals surface area contributed by atoms with Crippen molar-refractivity contribution in [1.82, 2.24) is 5.32 Å². The molecule has 0 spiro atoms. The van der Waals surface area contributed by atoms with Crippen LogP contribution in [-0.4, -0.2) is 24.3 Å². The average Bonchev–Trinajstić information content (AvgIpc) is 2.62. The average molecular weight is 378 g/mol. The van der Waals surface area contributed by atoms with E-state index in [4.69, 9.17) is 16.3 Å². The van der Waals surface area contributed by atoms with E-state index in [9.17, 15) is 4.79 Å². The monoisotopic (exact) mass is 377 g/mol. The highest BCUT2D eigenvalue weighted by atomic mass is 35.5. The predicted octanol–water partition coefficient (Wildman–Crippen LogP) is 4.86. The summed E-state index contributed by atoms with van der Waals surface area (Å²) < 4.78 is 5.75. The predicted molar refractivity (Wildman–Crippen MR) is 107 cm³/mol. The zero-order valence-electron chi connectivity index (χ0n) is 14.6. The molecular weight excluding hydrogens is 354 g/mol. The molecule has 0 aromatic heterocycles. The Morgan fingerprint density at radius 2 is 1.92 bits per heavy atom. The topological polar surface area (TPSA) is 38.3 Å². The van der Waals surface area contributed by atoms with Gasteiger partial charge in [-0.3, -0.25) is 4.79 Å². The Labute approximate surface area is 159 Å². The van der Waals surface area contributed by atoms with E-state index < -0.39 is 6.10 Å². The number of nitrogens with one attached hydrogen (secondary N) is 1. The summed E-state index contributed by atoms with van der Waals surface area (Å²) in [5.41, 5.74) is 2.64. The summed E-state index contributed by atoms with van der Waals surface area (Å²) in [5.74, 6) is 2.26. The molecule has 3 nitrogen and oxygen atoms in total. The smallest absolute Gasteiger partial charge is 0.261 e. The lowest BCUT2D eigenvalue weighted by molar-refractivity contribution is -0.127. The fourth-order valence-corrected chi connectivity index (χ4v) is 3.45. The molecular formula is C20H24ClNO2S. The molecule has 0 aliphatic carbocycles. The summed E-state index contributed by atoms with van der Waals surface area (Å²) in [6.45, 7) is 4.67. The molecule has 134 valence electrons. The van der Waals surface area contributed by atoms with Gasteiger partial charge in [0.25, 0.3) is 5.91 Å². The van der Waals surface area contributed by atoms with Gasteiger partial charge in [-0.2, -0.15) is 11.8 Å². The maximum Gasteiger partial charge on any atom is 0.261 e. The molecule has 1 N–H and O–H groups in total. The number of hydrogen-bond donors (Lipinski definition) is 1. The molecule has 5 heteroatoms. The van der Waals surface area contributed by atoms with Crippen molar-refractivity contribution < 1.29 is 9.53 Å². The lowest BCUT2D eigenvalue weighted by Crippen LogP contribution is -2.39. The highest BCUT2D eigenvalue weighted by molar-refractivity contribution is 7.98. The van der Waals surface area contributed by atoms with Gasteiger partial charge in [0.05, 0.1) is 5.02 Å². The number of thioether (sulfide) groups is 1. The Balaban J connectivity index is 1.73. The normalized spacial score (nSPS) is 11.8. The third-order valence-electron chi connectivity index (χ3n) is 3.83. The zero-order valence-corrected chi connectivity index (χ0v) is 16.2. The fourth-order valence-electron chi connectivity index (χ4n) is 2.33. The van der Waals surface area contributed by atoms with Gasteiger partial charge < -0.3 is 10.1 Å². The van der Waals surface area contributed by atoms with E-state index in [1.807, 2.05) is 36.9 Å². The van der Waals surface area contributed by atoms with Gasteiger partial charge in [-0.1, -0.05) is 54.9 Å². The molecule has 25 heavy (non-hydrogen) atoms. The second-order valence-corrected chi connectivity index (χ2v) is 7.23. The molecule has 0 fully saturated rings. The molecule has 0 radical (unpaired) electrons. The van der Waals surface area contributed by atoms with Gasteiger partial charge in [0.2, 0.25) is 0 Å². The Bertz CT molecular complexity index is 693. The first-order chi connectivity index (χ1) is 12.1. The Hall–Kier alpha value is -1.65. The van der Waals surface area contributed by atoms with Gasteiger partial charge >= 0.3 is 0 Å². The molecule has 1 unspecified atom stereocenters. The summed E-state index contributed by atoms with van der Waals surface area (Å²) in [5, 5.41) is 3.46. The first-order valence-electron chi connectivity index (χ1n) is 8.43. The van der Waals surface area contributed by atoms with Crippen molar-refractivity contribution in [2.45, 2.75) is 32.1 Å². The number of para-hydroxylation sites is 1. The summed E-state index contributed by atoms with van der Waals surface area (Å²) >= 11 is 7.90. The summed E-state index contributed by atoms with van der Waals surface area (Å²) in [7, 11) is 0. The molecule has 1 amide bonds. The zero-order chi connectivity index (χ0) is 18.1. The number of amides is 1. The number of rotatable bonds is 9. The molecule has 0 aliphatic heterocycles. The van der Waals surface area contributed by atoms with Crippen molar-refractivity contribution in [3.8, 4) is 5.75 Å². The van der Waals surface area contributed by atoms with E-state index in [-0.39, 0.29) is 5.91 Å². The van der Waals surface area contributed by atoms with Crippen LogP contribution < -0.4 is 10.1 Å². The molecule has 1 atom stereocenters. The van der Waals surface area contributed by atoms with Crippen molar-refractivity contribution in [1.29, 1.82) is 0 Å². The van der Waals surface area contributed by atoms with Crippen molar-refractivity contribution >= 4 is 29.3 Å². The summed E-state index contributed by atoms with van der Waals surface area (Å²) in [6, 6.07) is 15.6. The molecule has 0 saturated heterocycles. The standard InChI is InChI=1S/C20H24ClNO2S/c1-3-18(24-19-11-7-6-10-17(19)21)20(23)22-12-13-25-14-16-9-5-4-8-15(16)2/h4-11,18H,3,12-14H2,1-2H3,(H,22,23). The quantitative estimate of drug-likeness (QED) is 0.634. The van der Waals surface area contributed by atoms with E-state index in [0.29, 0.717) is 23.7 Å². The molecule has 0 heterocycles. The van der Waals surface area contributed by atoms with Crippen LogP contribution in [0, 0.1) is 6.92 Å². The minimum atomic E-state index is -0.527. The van der Waals surface area contributed by atoms with Crippen LogP contribution in [0.25, 0.3) is 0 Å². The van der Waals surface area contributed by atoms with Gasteiger partial charge in [-0.05, 0) is 36.6 Å².